The molecule has 0 radical (unpaired) electrons. The summed E-state index contributed by atoms with van der Waals surface area (Å²) in [5.74, 6) is 0.0113. The first-order valence-corrected chi connectivity index (χ1v) is 10.7. The zero-order valence-electron chi connectivity index (χ0n) is 17.3. The second-order valence-electron chi connectivity index (χ2n) is 6.87. The summed E-state index contributed by atoms with van der Waals surface area (Å²) in [6.45, 7) is 9.20. The fraction of sp³-hybridized carbons (Fsp3) is 0.476. The number of amides is 1. The lowest BCUT2D eigenvalue weighted by atomic mass is 10.2. The Balaban J connectivity index is 0.00000109. The Morgan fingerprint density at radius 3 is 2.71 bits per heavy atom. The molecule has 0 spiro atoms. The summed E-state index contributed by atoms with van der Waals surface area (Å²) in [5, 5.41) is 8.52. The van der Waals surface area contributed by atoms with Crippen molar-refractivity contribution in [1.29, 1.82) is 0 Å². The van der Waals surface area contributed by atoms with E-state index in [1.807, 2.05) is 46.9 Å². The number of aromatic nitrogens is 3. The Hall–Kier alpha value is -2.25. The van der Waals surface area contributed by atoms with E-state index in [-0.39, 0.29) is 11.9 Å². The summed E-state index contributed by atoms with van der Waals surface area (Å²) in [6, 6.07) is 8.45. The van der Waals surface area contributed by atoms with Crippen molar-refractivity contribution in [3.8, 4) is 0 Å². The van der Waals surface area contributed by atoms with Gasteiger partial charge in [0, 0.05) is 7.05 Å². The van der Waals surface area contributed by atoms with Gasteiger partial charge in [0.1, 0.15) is 5.01 Å². The van der Waals surface area contributed by atoms with Crippen molar-refractivity contribution in [3.63, 3.8) is 0 Å². The largest absolute Gasteiger partial charge is 0.322 e. The average Bonchev–Trinajstić information content (AvgIpc) is 3.38. The van der Waals surface area contributed by atoms with Crippen LogP contribution in [0.5, 0.6) is 0 Å². The second-order valence-corrected chi connectivity index (χ2v) is 7.93. The number of fused-ring (bicyclic) bond motifs is 1. The number of likely N-dealkylation sites (tertiary alicyclic amines) is 1. The molecule has 28 heavy (non-hydrogen) atoms. The minimum atomic E-state index is 0.0113. The molecule has 4 rings (SSSR count). The molecule has 1 N–H and O–H groups in total. The fourth-order valence-corrected chi connectivity index (χ4v) is 4.78. The normalized spacial score (nSPS) is 16.8. The zero-order valence-corrected chi connectivity index (χ0v) is 18.1. The van der Waals surface area contributed by atoms with Gasteiger partial charge in [-0.15, -0.1) is 11.3 Å². The summed E-state index contributed by atoms with van der Waals surface area (Å²) in [5.41, 5.74) is 3.70. The minimum absolute atomic E-state index is 0.0113. The molecule has 0 bridgehead atoms. The maximum Gasteiger partial charge on any atom is 0.238 e. The SMILES string of the molecule is CC.Cc1nn(C)c(C)c1NC(=O)CN1CCCC1c1nc2ccccc2s1. The Kier molecular flexibility index (Phi) is 6.46. The molecule has 1 amide bonds. The van der Waals surface area contributed by atoms with E-state index in [1.54, 1.807) is 16.0 Å². The third-order valence-electron chi connectivity index (χ3n) is 5.08. The lowest BCUT2D eigenvalue weighted by Crippen LogP contribution is -2.33. The van der Waals surface area contributed by atoms with Gasteiger partial charge in [0.25, 0.3) is 0 Å². The van der Waals surface area contributed by atoms with Gasteiger partial charge < -0.3 is 5.32 Å². The van der Waals surface area contributed by atoms with E-state index < -0.39 is 0 Å². The highest BCUT2D eigenvalue weighted by Gasteiger charge is 2.30. The molecule has 1 aliphatic heterocycles. The van der Waals surface area contributed by atoms with E-state index in [4.69, 9.17) is 4.98 Å². The predicted octanol–water partition coefficient (Wildman–Crippen LogP) is 4.45. The van der Waals surface area contributed by atoms with Crippen molar-refractivity contribution in [2.75, 3.05) is 18.4 Å². The highest BCUT2D eigenvalue weighted by Crippen LogP contribution is 2.36. The first-order valence-electron chi connectivity index (χ1n) is 9.92. The highest BCUT2D eigenvalue weighted by molar-refractivity contribution is 7.18. The number of carbonyl (C=O) groups is 1. The summed E-state index contributed by atoms with van der Waals surface area (Å²) >= 11 is 1.74. The Morgan fingerprint density at radius 1 is 1.29 bits per heavy atom. The molecule has 1 unspecified atom stereocenters. The van der Waals surface area contributed by atoms with E-state index in [2.05, 4.69) is 27.4 Å². The molecular weight excluding hydrogens is 370 g/mol. The first kappa shape index (κ1) is 20.5. The topological polar surface area (TPSA) is 63.1 Å². The van der Waals surface area contributed by atoms with Crippen LogP contribution < -0.4 is 5.32 Å². The van der Waals surface area contributed by atoms with Crippen LogP contribution >= 0.6 is 11.3 Å². The molecule has 0 aliphatic carbocycles. The predicted molar refractivity (Wildman–Crippen MR) is 116 cm³/mol. The summed E-state index contributed by atoms with van der Waals surface area (Å²) in [4.78, 5) is 19.7. The van der Waals surface area contributed by atoms with E-state index in [1.165, 1.54) is 4.70 Å². The molecular formula is C21H29N5OS. The maximum absolute atomic E-state index is 12.6. The molecule has 2 aromatic heterocycles. The summed E-state index contributed by atoms with van der Waals surface area (Å²) in [6.07, 6.45) is 2.15. The molecule has 6 nitrogen and oxygen atoms in total. The lowest BCUT2D eigenvalue weighted by molar-refractivity contribution is -0.117. The van der Waals surface area contributed by atoms with Crippen molar-refractivity contribution in [1.82, 2.24) is 19.7 Å². The number of nitrogens with zero attached hydrogens (tertiary/aromatic N) is 4. The molecule has 1 saturated heterocycles. The van der Waals surface area contributed by atoms with Crippen molar-refractivity contribution < 1.29 is 4.79 Å². The van der Waals surface area contributed by atoms with Crippen molar-refractivity contribution >= 4 is 33.1 Å². The number of anilines is 1. The lowest BCUT2D eigenvalue weighted by Gasteiger charge is -2.22. The van der Waals surface area contributed by atoms with E-state index in [0.717, 1.165) is 47.0 Å². The number of nitrogens with one attached hydrogen (secondary N) is 1. The zero-order chi connectivity index (χ0) is 20.3. The first-order chi connectivity index (χ1) is 13.5. The molecule has 1 atom stereocenters. The summed E-state index contributed by atoms with van der Waals surface area (Å²) < 4.78 is 3.01. The van der Waals surface area contributed by atoms with Crippen LogP contribution in [0.3, 0.4) is 0 Å². The fourth-order valence-electron chi connectivity index (χ4n) is 3.65. The average molecular weight is 400 g/mol. The number of aryl methyl sites for hydroxylation is 2. The molecule has 3 aromatic rings. The van der Waals surface area contributed by atoms with E-state index in [0.29, 0.717) is 6.54 Å². The van der Waals surface area contributed by atoms with E-state index in [9.17, 15) is 4.79 Å². The quantitative estimate of drug-likeness (QED) is 0.704. The number of hydrogen-bond donors (Lipinski definition) is 1. The van der Waals surface area contributed by atoms with Gasteiger partial charge in [-0.25, -0.2) is 4.98 Å². The number of benzene rings is 1. The van der Waals surface area contributed by atoms with Gasteiger partial charge in [-0.3, -0.25) is 14.4 Å². The van der Waals surface area contributed by atoms with Crippen LogP contribution in [-0.2, 0) is 11.8 Å². The summed E-state index contributed by atoms with van der Waals surface area (Å²) in [7, 11) is 1.89. The molecule has 1 aliphatic rings. The van der Waals surface area contributed by atoms with Crippen LogP contribution in [0.2, 0.25) is 0 Å². The molecule has 3 heterocycles. The third-order valence-corrected chi connectivity index (χ3v) is 6.22. The van der Waals surface area contributed by atoms with Crippen LogP contribution in [0.4, 0.5) is 5.69 Å². The van der Waals surface area contributed by atoms with Crippen LogP contribution in [0.25, 0.3) is 10.2 Å². The number of rotatable bonds is 4. The van der Waals surface area contributed by atoms with Gasteiger partial charge in [0.05, 0.1) is 39.9 Å². The Morgan fingerprint density at radius 2 is 2.04 bits per heavy atom. The van der Waals surface area contributed by atoms with E-state index >= 15 is 0 Å². The van der Waals surface area contributed by atoms with Crippen LogP contribution in [0.1, 0.15) is 49.1 Å². The highest BCUT2D eigenvalue weighted by atomic mass is 32.1. The van der Waals surface area contributed by atoms with Crippen LogP contribution in [0.15, 0.2) is 24.3 Å². The van der Waals surface area contributed by atoms with Gasteiger partial charge >= 0.3 is 0 Å². The Labute approximate surface area is 170 Å². The van der Waals surface area contributed by atoms with Crippen LogP contribution in [-0.4, -0.2) is 38.7 Å². The van der Waals surface area contributed by atoms with Crippen molar-refractivity contribution in [2.45, 2.75) is 46.6 Å². The number of carbonyl (C=O) groups excluding carboxylic acids is 1. The van der Waals surface area contributed by atoms with Gasteiger partial charge in [-0.05, 0) is 45.4 Å². The van der Waals surface area contributed by atoms with Crippen LogP contribution in [0, 0.1) is 13.8 Å². The number of para-hydroxylation sites is 1. The van der Waals surface area contributed by atoms with Gasteiger partial charge in [0.15, 0.2) is 0 Å². The van der Waals surface area contributed by atoms with Gasteiger partial charge in [0.2, 0.25) is 5.91 Å². The van der Waals surface area contributed by atoms with Crippen molar-refractivity contribution in [3.05, 3.63) is 40.7 Å². The number of hydrogen-bond acceptors (Lipinski definition) is 5. The van der Waals surface area contributed by atoms with Crippen molar-refractivity contribution in [2.24, 2.45) is 7.05 Å². The molecule has 0 saturated carbocycles. The Bertz CT molecular complexity index is 928. The third kappa shape index (κ3) is 4.10. The maximum atomic E-state index is 12.6. The second kappa shape index (κ2) is 8.84. The molecule has 1 aromatic carbocycles. The smallest absolute Gasteiger partial charge is 0.238 e. The monoisotopic (exact) mass is 399 g/mol. The molecule has 150 valence electrons. The standard InChI is InChI=1S/C19H23N5OS.C2H6/c1-12-18(13(2)23(3)22-12)21-17(25)11-24-10-6-8-15(24)19-20-14-7-4-5-9-16(14)26-19;1-2/h4-5,7,9,15H,6,8,10-11H2,1-3H3,(H,21,25);1-2H3. The molecule has 1 fully saturated rings. The number of thiazole rings is 1. The van der Waals surface area contributed by atoms with Gasteiger partial charge in [-0.1, -0.05) is 26.0 Å². The molecule has 7 heteroatoms. The minimum Gasteiger partial charge on any atom is -0.322 e. The van der Waals surface area contributed by atoms with Gasteiger partial charge in [-0.2, -0.15) is 5.10 Å².